The third-order valence-corrected chi connectivity index (χ3v) is 3.13. The van der Waals surface area contributed by atoms with Gasteiger partial charge in [-0.15, -0.1) is 11.8 Å². The van der Waals surface area contributed by atoms with Crippen molar-refractivity contribution in [2.24, 2.45) is 0 Å². The van der Waals surface area contributed by atoms with Gasteiger partial charge in [0.15, 0.2) is 0 Å². The Morgan fingerprint density at radius 1 is 1.38 bits per heavy atom. The minimum Gasteiger partial charge on any atom is -0.310 e. The highest BCUT2D eigenvalue weighted by molar-refractivity contribution is 8.00. The van der Waals surface area contributed by atoms with Gasteiger partial charge in [-0.1, -0.05) is 40.7 Å². The molecule has 1 heterocycles. The highest BCUT2D eigenvalue weighted by Crippen LogP contribution is 2.32. The topological polar surface area (TPSA) is 24.9 Å². The molecule has 3 heteroatoms. The Kier molecular flexibility index (Phi) is 4.81. The molecule has 90 valence electrons. The van der Waals surface area contributed by atoms with Crippen molar-refractivity contribution in [3.8, 4) is 0 Å². The van der Waals surface area contributed by atoms with Gasteiger partial charge in [-0.2, -0.15) is 0 Å². The summed E-state index contributed by atoms with van der Waals surface area (Å²) < 4.78 is 0.209. The first-order valence-corrected chi connectivity index (χ1v) is 6.56. The number of hydrogen-bond acceptors (Lipinski definition) is 3. The van der Waals surface area contributed by atoms with Gasteiger partial charge in [-0.05, 0) is 11.6 Å². The maximum atomic E-state index is 4.46. The van der Waals surface area contributed by atoms with Gasteiger partial charge in [-0.3, -0.25) is 0 Å². The second-order valence-corrected chi connectivity index (χ2v) is 7.03. The Balaban J connectivity index is 2.75. The van der Waals surface area contributed by atoms with Crippen LogP contribution in [0, 0.1) is 0 Å². The molecule has 0 aliphatic heterocycles. The average molecular weight is 238 g/mol. The van der Waals surface area contributed by atoms with Crippen LogP contribution in [-0.4, -0.2) is 15.8 Å². The van der Waals surface area contributed by atoms with E-state index in [2.05, 4.69) is 51.0 Å². The highest BCUT2D eigenvalue weighted by Gasteiger charge is 2.15. The zero-order valence-corrected chi connectivity index (χ0v) is 11.7. The fourth-order valence-corrected chi connectivity index (χ4v) is 2.22. The van der Waals surface area contributed by atoms with Crippen LogP contribution in [0.4, 0.5) is 0 Å². The monoisotopic (exact) mass is 238 g/mol. The Bertz CT molecular complexity index is 329. The second-order valence-electron chi connectivity index (χ2n) is 5.22. The molecule has 0 aromatic carbocycles. The molecule has 0 atom stereocenters. The summed E-state index contributed by atoms with van der Waals surface area (Å²) in [7, 11) is 0. The van der Waals surface area contributed by atoms with Gasteiger partial charge in [0.1, 0.15) is 5.03 Å². The first kappa shape index (κ1) is 13.5. The van der Waals surface area contributed by atoms with E-state index in [0.29, 0.717) is 6.04 Å². The standard InChI is InChI=1S/C13H22N2S/c1-10(2)15-9-11-7-6-8-14-12(11)16-13(3,4)5/h6-8,10,15H,9H2,1-5H3. The van der Waals surface area contributed by atoms with E-state index in [0.717, 1.165) is 11.6 Å². The van der Waals surface area contributed by atoms with Gasteiger partial charge in [0.05, 0.1) is 0 Å². The molecular formula is C13H22N2S. The molecule has 0 saturated heterocycles. The van der Waals surface area contributed by atoms with Crippen molar-refractivity contribution in [1.29, 1.82) is 0 Å². The molecule has 0 radical (unpaired) electrons. The molecule has 1 N–H and O–H groups in total. The quantitative estimate of drug-likeness (QED) is 0.813. The predicted molar refractivity (Wildman–Crippen MR) is 71.8 cm³/mol. The average Bonchev–Trinajstić information content (AvgIpc) is 2.14. The van der Waals surface area contributed by atoms with Crippen LogP contribution in [-0.2, 0) is 6.54 Å². The summed E-state index contributed by atoms with van der Waals surface area (Å²) in [5.41, 5.74) is 1.29. The summed E-state index contributed by atoms with van der Waals surface area (Å²) in [5, 5.41) is 4.58. The molecule has 1 aromatic rings. The molecule has 0 bridgehead atoms. The van der Waals surface area contributed by atoms with Gasteiger partial charge in [0.2, 0.25) is 0 Å². The minimum atomic E-state index is 0.209. The smallest absolute Gasteiger partial charge is 0.101 e. The normalized spacial score (nSPS) is 12.1. The number of rotatable bonds is 4. The summed E-state index contributed by atoms with van der Waals surface area (Å²) in [4.78, 5) is 4.46. The van der Waals surface area contributed by atoms with Crippen molar-refractivity contribution in [2.45, 2.75) is 57.0 Å². The van der Waals surface area contributed by atoms with Gasteiger partial charge in [0, 0.05) is 23.5 Å². The fraction of sp³-hybridized carbons (Fsp3) is 0.615. The van der Waals surface area contributed by atoms with Crippen LogP contribution in [0.15, 0.2) is 23.4 Å². The number of thioether (sulfide) groups is 1. The summed E-state index contributed by atoms with van der Waals surface area (Å²) in [6.45, 7) is 11.9. The van der Waals surface area contributed by atoms with E-state index in [1.54, 1.807) is 0 Å². The maximum absolute atomic E-state index is 4.46. The van der Waals surface area contributed by atoms with Crippen molar-refractivity contribution in [3.63, 3.8) is 0 Å². The molecule has 0 aliphatic rings. The lowest BCUT2D eigenvalue weighted by atomic mass is 10.2. The molecule has 0 saturated carbocycles. The molecule has 2 nitrogen and oxygen atoms in total. The zero-order chi connectivity index (χ0) is 12.2. The Hall–Kier alpha value is -0.540. The van der Waals surface area contributed by atoms with Gasteiger partial charge < -0.3 is 5.32 Å². The van der Waals surface area contributed by atoms with Crippen LogP contribution in [0.25, 0.3) is 0 Å². The summed E-state index contributed by atoms with van der Waals surface area (Å²) in [5.74, 6) is 0. The number of hydrogen-bond donors (Lipinski definition) is 1. The Morgan fingerprint density at radius 2 is 2.06 bits per heavy atom. The molecule has 0 unspecified atom stereocenters. The third-order valence-electron chi connectivity index (χ3n) is 1.95. The molecule has 1 rings (SSSR count). The van der Waals surface area contributed by atoms with Crippen molar-refractivity contribution in [2.75, 3.05) is 0 Å². The lowest BCUT2D eigenvalue weighted by Gasteiger charge is -2.19. The summed E-state index contributed by atoms with van der Waals surface area (Å²) >= 11 is 1.83. The lowest BCUT2D eigenvalue weighted by molar-refractivity contribution is 0.582. The van der Waals surface area contributed by atoms with Gasteiger partial charge >= 0.3 is 0 Å². The first-order chi connectivity index (χ1) is 7.38. The molecule has 1 aromatic heterocycles. The Morgan fingerprint density at radius 3 is 2.62 bits per heavy atom. The van der Waals surface area contributed by atoms with E-state index in [9.17, 15) is 0 Å². The predicted octanol–water partition coefficient (Wildman–Crippen LogP) is 3.47. The van der Waals surface area contributed by atoms with Crippen LogP contribution in [0.5, 0.6) is 0 Å². The van der Waals surface area contributed by atoms with E-state index in [4.69, 9.17) is 0 Å². The van der Waals surface area contributed by atoms with Crippen molar-refractivity contribution >= 4 is 11.8 Å². The Labute approximate surface area is 103 Å². The maximum Gasteiger partial charge on any atom is 0.101 e. The van der Waals surface area contributed by atoms with Crippen LogP contribution >= 0.6 is 11.8 Å². The molecule has 0 aliphatic carbocycles. The molecule has 16 heavy (non-hydrogen) atoms. The van der Waals surface area contributed by atoms with Gasteiger partial charge in [0.25, 0.3) is 0 Å². The van der Waals surface area contributed by atoms with Crippen molar-refractivity contribution in [3.05, 3.63) is 23.9 Å². The second kappa shape index (κ2) is 5.69. The van der Waals surface area contributed by atoms with Crippen molar-refractivity contribution < 1.29 is 0 Å². The molecule has 0 spiro atoms. The largest absolute Gasteiger partial charge is 0.310 e. The van der Waals surface area contributed by atoms with E-state index < -0.39 is 0 Å². The zero-order valence-electron chi connectivity index (χ0n) is 10.9. The minimum absolute atomic E-state index is 0.209. The van der Waals surface area contributed by atoms with E-state index >= 15 is 0 Å². The number of aromatic nitrogens is 1. The first-order valence-electron chi connectivity index (χ1n) is 5.75. The summed E-state index contributed by atoms with van der Waals surface area (Å²) in [6.07, 6.45) is 1.87. The molecule has 0 fully saturated rings. The summed E-state index contributed by atoms with van der Waals surface area (Å²) in [6, 6.07) is 4.66. The number of nitrogens with zero attached hydrogens (tertiary/aromatic N) is 1. The van der Waals surface area contributed by atoms with Crippen LogP contribution in [0.1, 0.15) is 40.2 Å². The van der Waals surface area contributed by atoms with Crippen molar-refractivity contribution in [1.82, 2.24) is 10.3 Å². The van der Waals surface area contributed by atoms with E-state index in [1.165, 1.54) is 5.56 Å². The van der Waals surface area contributed by atoms with Crippen LogP contribution in [0.3, 0.4) is 0 Å². The number of nitrogens with one attached hydrogen (secondary N) is 1. The number of pyridine rings is 1. The molecular weight excluding hydrogens is 216 g/mol. The third kappa shape index (κ3) is 4.99. The highest BCUT2D eigenvalue weighted by atomic mass is 32.2. The molecule has 0 amide bonds. The van der Waals surface area contributed by atoms with Crippen LogP contribution in [0.2, 0.25) is 0 Å². The van der Waals surface area contributed by atoms with E-state index in [-0.39, 0.29) is 4.75 Å². The fourth-order valence-electron chi connectivity index (χ4n) is 1.25. The SMILES string of the molecule is CC(C)NCc1cccnc1SC(C)(C)C. The van der Waals surface area contributed by atoms with E-state index in [1.807, 2.05) is 24.0 Å². The lowest BCUT2D eigenvalue weighted by Crippen LogP contribution is -2.22. The van der Waals surface area contributed by atoms with Crippen LogP contribution < -0.4 is 5.32 Å². The van der Waals surface area contributed by atoms with Gasteiger partial charge in [-0.25, -0.2) is 4.98 Å².